The Morgan fingerprint density at radius 1 is 1.61 bits per heavy atom. The van der Waals surface area contributed by atoms with E-state index in [9.17, 15) is 9.50 Å². The summed E-state index contributed by atoms with van der Waals surface area (Å²) in [5.41, 5.74) is 6.57. The van der Waals surface area contributed by atoms with E-state index in [1.165, 1.54) is 6.07 Å². The van der Waals surface area contributed by atoms with E-state index in [0.29, 0.717) is 11.6 Å². The fourth-order valence-electron chi connectivity index (χ4n) is 2.58. The van der Waals surface area contributed by atoms with Crippen molar-refractivity contribution in [1.82, 2.24) is 0 Å². The molecule has 0 aliphatic carbocycles. The van der Waals surface area contributed by atoms with Gasteiger partial charge >= 0.3 is 0 Å². The van der Waals surface area contributed by atoms with Gasteiger partial charge in [0.1, 0.15) is 10.8 Å². The molecule has 1 aromatic carbocycles. The van der Waals surface area contributed by atoms with Crippen LogP contribution in [0.2, 0.25) is 0 Å². The maximum absolute atomic E-state index is 13.8. The zero-order valence-electron chi connectivity index (χ0n) is 10.3. The van der Waals surface area contributed by atoms with Crippen molar-refractivity contribution in [2.24, 2.45) is 11.7 Å². The molecule has 0 aromatic heterocycles. The number of nitrogens with two attached hydrogens (primary N) is 1. The SMILES string of the molecule is CC1CCN(c2cccc(F)c2C(N)=S)C1CO. The van der Waals surface area contributed by atoms with Crippen LogP contribution in [0.25, 0.3) is 0 Å². The van der Waals surface area contributed by atoms with Gasteiger partial charge in [0.2, 0.25) is 0 Å². The Morgan fingerprint density at radius 2 is 2.33 bits per heavy atom. The number of thiocarbonyl (C=S) groups is 1. The summed E-state index contributed by atoms with van der Waals surface area (Å²) in [6.07, 6.45) is 0.971. The normalized spacial score (nSPS) is 23.4. The van der Waals surface area contributed by atoms with Crippen LogP contribution in [-0.2, 0) is 0 Å². The van der Waals surface area contributed by atoms with Crippen LogP contribution in [0.5, 0.6) is 0 Å². The first kappa shape index (κ1) is 13.2. The van der Waals surface area contributed by atoms with Crippen molar-refractivity contribution in [2.45, 2.75) is 19.4 Å². The van der Waals surface area contributed by atoms with Gasteiger partial charge in [-0.3, -0.25) is 0 Å². The Morgan fingerprint density at radius 3 is 2.94 bits per heavy atom. The number of aliphatic hydroxyl groups is 1. The molecule has 0 radical (unpaired) electrons. The van der Waals surface area contributed by atoms with E-state index in [1.54, 1.807) is 12.1 Å². The topological polar surface area (TPSA) is 49.5 Å². The van der Waals surface area contributed by atoms with Gasteiger partial charge in [-0.05, 0) is 24.5 Å². The van der Waals surface area contributed by atoms with Gasteiger partial charge in [-0.1, -0.05) is 25.2 Å². The van der Waals surface area contributed by atoms with Crippen molar-refractivity contribution in [3.63, 3.8) is 0 Å². The molecule has 2 unspecified atom stereocenters. The molecule has 1 heterocycles. The molecule has 0 bridgehead atoms. The molecule has 0 saturated carbocycles. The maximum atomic E-state index is 13.8. The first-order chi connectivity index (χ1) is 8.56. The van der Waals surface area contributed by atoms with Crippen molar-refractivity contribution in [1.29, 1.82) is 0 Å². The fraction of sp³-hybridized carbons (Fsp3) is 0.462. The number of anilines is 1. The Kier molecular flexibility index (Phi) is 3.82. The van der Waals surface area contributed by atoms with Gasteiger partial charge in [-0.15, -0.1) is 0 Å². The smallest absolute Gasteiger partial charge is 0.135 e. The summed E-state index contributed by atoms with van der Waals surface area (Å²) in [6.45, 7) is 2.92. The summed E-state index contributed by atoms with van der Waals surface area (Å²) in [5.74, 6) is -0.0336. The average molecular weight is 268 g/mol. The second-order valence-electron chi connectivity index (χ2n) is 4.71. The van der Waals surface area contributed by atoms with Crippen LogP contribution in [-0.4, -0.2) is 29.3 Å². The zero-order chi connectivity index (χ0) is 13.3. The summed E-state index contributed by atoms with van der Waals surface area (Å²) >= 11 is 4.93. The van der Waals surface area contributed by atoms with Crippen molar-refractivity contribution in [3.05, 3.63) is 29.6 Å². The lowest BCUT2D eigenvalue weighted by atomic mass is 10.0. The number of aliphatic hydroxyl groups excluding tert-OH is 1. The number of hydrogen-bond donors (Lipinski definition) is 2. The molecule has 1 aliphatic rings. The summed E-state index contributed by atoms with van der Waals surface area (Å²) in [4.78, 5) is 2.06. The standard InChI is InChI=1S/C13H17FN2OS/c1-8-5-6-16(11(8)7-17)10-4-2-3-9(14)12(10)13(15)18/h2-4,8,11,17H,5-7H2,1H3,(H2,15,18). The van der Waals surface area contributed by atoms with Gasteiger partial charge in [0.05, 0.1) is 23.9 Å². The second kappa shape index (κ2) is 5.20. The van der Waals surface area contributed by atoms with E-state index in [0.717, 1.165) is 13.0 Å². The molecule has 3 nitrogen and oxygen atoms in total. The Bertz CT molecular complexity index is 466. The molecule has 5 heteroatoms. The molecule has 1 aromatic rings. The van der Waals surface area contributed by atoms with Crippen molar-refractivity contribution >= 4 is 22.9 Å². The summed E-state index contributed by atoms with van der Waals surface area (Å²) in [7, 11) is 0. The lowest BCUT2D eigenvalue weighted by Gasteiger charge is -2.29. The maximum Gasteiger partial charge on any atom is 0.135 e. The van der Waals surface area contributed by atoms with E-state index in [-0.39, 0.29) is 23.2 Å². The predicted octanol–water partition coefficient (Wildman–Crippen LogP) is 1.67. The highest BCUT2D eigenvalue weighted by Crippen LogP contribution is 2.32. The largest absolute Gasteiger partial charge is 0.394 e. The van der Waals surface area contributed by atoms with Crippen LogP contribution < -0.4 is 10.6 Å². The molecule has 1 fully saturated rings. The fourth-order valence-corrected chi connectivity index (χ4v) is 2.78. The molecule has 98 valence electrons. The number of nitrogens with zero attached hydrogens (tertiary/aromatic N) is 1. The van der Waals surface area contributed by atoms with Gasteiger partial charge in [-0.25, -0.2) is 4.39 Å². The van der Waals surface area contributed by atoms with Crippen molar-refractivity contribution in [3.8, 4) is 0 Å². The van der Waals surface area contributed by atoms with E-state index < -0.39 is 5.82 Å². The Labute approximate surface area is 111 Å². The highest BCUT2D eigenvalue weighted by Gasteiger charge is 2.32. The van der Waals surface area contributed by atoms with Crippen LogP contribution >= 0.6 is 12.2 Å². The van der Waals surface area contributed by atoms with Crippen molar-refractivity contribution in [2.75, 3.05) is 18.1 Å². The third-order valence-corrected chi connectivity index (χ3v) is 3.82. The molecule has 2 atom stereocenters. The van der Waals surface area contributed by atoms with E-state index in [1.807, 2.05) is 4.90 Å². The molecule has 0 spiro atoms. The highest BCUT2D eigenvalue weighted by molar-refractivity contribution is 7.80. The number of hydrogen-bond acceptors (Lipinski definition) is 3. The lowest BCUT2D eigenvalue weighted by molar-refractivity contribution is 0.244. The second-order valence-corrected chi connectivity index (χ2v) is 5.15. The van der Waals surface area contributed by atoms with Crippen molar-refractivity contribution < 1.29 is 9.50 Å². The first-order valence-corrected chi connectivity index (χ1v) is 6.43. The number of rotatable bonds is 3. The van der Waals surface area contributed by atoms with E-state index in [2.05, 4.69) is 6.92 Å². The van der Waals surface area contributed by atoms with Crippen LogP contribution in [0, 0.1) is 11.7 Å². The Hall–Kier alpha value is -1.20. The molecule has 2 rings (SSSR count). The Balaban J connectivity index is 2.45. The lowest BCUT2D eigenvalue weighted by Crippen LogP contribution is -2.36. The molecule has 1 aliphatic heterocycles. The van der Waals surface area contributed by atoms with E-state index in [4.69, 9.17) is 18.0 Å². The number of halogens is 1. The highest BCUT2D eigenvalue weighted by atomic mass is 32.1. The van der Waals surface area contributed by atoms with Crippen LogP contribution in [0.3, 0.4) is 0 Å². The van der Waals surface area contributed by atoms with Crippen LogP contribution in [0.1, 0.15) is 18.9 Å². The third-order valence-electron chi connectivity index (χ3n) is 3.62. The minimum atomic E-state index is -0.406. The molecule has 18 heavy (non-hydrogen) atoms. The van der Waals surface area contributed by atoms with Gasteiger partial charge in [-0.2, -0.15) is 0 Å². The predicted molar refractivity (Wildman–Crippen MR) is 74.3 cm³/mol. The average Bonchev–Trinajstić information content (AvgIpc) is 2.69. The van der Waals surface area contributed by atoms with Gasteiger partial charge in [0.15, 0.2) is 0 Å². The monoisotopic (exact) mass is 268 g/mol. The molecule has 1 saturated heterocycles. The quantitative estimate of drug-likeness (QED) is 0.819. The molecular weight excluding hydrogens is 251 g/mol. The first-order valence-electron chi connectivity index (χ1n) is 6.02. The summed E-state index contributed by atoms with van der Waals surface area (Å²) < 4.78 is 13.8. The van der Waals surface area contributed by atoms with Crippen LogP contribution in [0.15, 0.2) is 18.2 Å². The van der Waals surface area contributed by atoms with Gasteiger partial charge in [0.25, 0.3) is 0 Å². The molecule has 0 amide bonds. The molecule has 3 N–H and O–H groups in total. The van der Waals surface area contributed by atoms with Gasteiger partial charge < -0.3 is 15.7 Å². The minimum Gasteiger partial charge on any atom is -0.394 e. The van der Waals surface area contributed by atoms with Crippen LogP contribution in [0.4, 0.5) is 10.1 Å². The third kappa shape index (κ3) is 2.20. The minimum absolute atomic E-state index is 0.0000926. The number of benzene rings is 1. The summed E-state index contributed by atoms with van der Waals surface area (Å²) in [6, 6.07) is 4.80. The summed E-state index contributed by atoms with van der Waals surface area (Å²) in [5, 5.41) is 9.47. The zero-order valence-corrected chi connectivity index (χ0v) is 11.1. The molecular formula is C13H17FN2OS. The van der Waals surface area contributed by atoms with E-state index >= 15 is 0 Å². The van der Waals surface area contributed by atoms with Gasteiger partial charge in [0, 0.05) is 6.54 Å².